The molecule has 0 spiro atoms. The maximum atomic E-state index is 12.3. The van der Waals surface area contributed by atoms with E-state index >= 15 is 0 Å². The minimum atomic E-state index is -0.518. The molecule has 0 saturated carbocycles. The van der Waals surface area contributed by atoms with E-state index in [1.165, 1.54) is 0 Å². The molecule has 1 amide bonds. The summed E-state index contributed by atoms with van der Waals surface area (Å²) in [4.78, 5) is 14.2. The molecule has 3 aromatic rings. The first-order valence-corrected chi connectivity index (χ1v) is 9.90. The summed E-state index contributed by atoms with van der Waals surface area (Å²) in [5.74, 6) is 0.411. The largest absolute Gasteiger partial charge is 0.493 e. The van der Waals surface area contributed by atoms with E-state index in [0.717, 1.165) is 22.0 Å². The Morgan fingerprint density at radius 2 is 1.93 bits per heavy atom. The molecule has 7 heteroatoms. The number of aromatic nitrogens is 1. The summed E-state index contributed by atoms with van der Waals surface area (Å²) in [5, 5.41) is 19.2. The van der Waals surface area contributed by atoms with Crippen LogP contribution in [0.25, 0.3) is 10.9 Å². The molecular weight excluding hydrogens is 380 g/mol. The number of azo groups is 1. The topological polar surface area (TPSA) is 79.4 Å². The van der Waals surface area contributed by atoms with Crippen molar-refractivity contribution in [3.63, 3.8) is 0 Å². The molecule has 0 fully saturated rings. The molecule has 0 aliphatic heterocycles. The molecule has 30 heavy (non-hydrogen) atoms. The molecule has 1 heterocycles. The first-order chi connectivity index (χ1) is 14.3. The number of benzene rings is 2. The van der Waals surface area contributed by atoms with E-state index in [1.807, 2.05) is 68.4 Å². The zero-order valence-corrected chi connectivity index (χ0v) is 18.1. The van der Waals surface area contributed by atoms with Gasteiger partial charge in [-0.2, -0.15) is 0 Å². The monoisotopic (exact) mass is 408 g/mol. The van der Waals surface area contributed by atoms with Crippen LogP contribution in [0.1, 0.15) is 30.9 Å². The van der Waals surface area contributed by atoms with Gasteiger partial charge in [0.15, 0.2) is 12.3 Å². The Morgan fingerprint density at radius 1 is 1.20 bits per heavy atom. The van der Waals surface area contributed by atoms with E-state index in [1.54, 1.807) is 4.57 Å². The van der Waals surface area contributed by atoms with Crippen molar-refractivity contribution < 1.29 is 14.6 Å². The average molecular weight is 409 g/mol. The van der Waals surface area contributed by atoms with Crippen LogP contribution >= 0.6 is 0 Å². The van der Waals surface area contributed by atoms with Gasteiger partial charge in [-0.05, 0) is 50.2 Å². The van der Waals surface area contributed by atoms with E-state index in [0.29, 0.717) is 12.4 Å². The van der Waals surface area contributed by atoms with Gasteiger partial charge in [-0.25, -0.2) is 0 Å². The highest BCUT2D eigenvalue weighted by Gasteiger charge is 2.17. The highest BCUT2D eigenvalue weighted by atomic mass is 16.5. The van der Waals surface area contributed by atoms with Gasteiger partial charge in [0.25, 0.3) is 0 Å². The molecule has 0 atom stereocenters. The molecule has 7 nitrogen and oxygen atoms in total. The number of carbonyl (C=O) groups is 1. The van der Waals surface area contributed by atoms with Gasteiger partial charge in [0.2, 0.25) is 5.88 Å². The summed E-state index contributed by atoms with van der Waals surface area (Å²) in [6, 6.07) is 13.4. The number of aryl methyl sites for hydroxylation is 1. The van der Waals surface area contributed by atoms with Crippen LogP contribution in [0.3, 0.4) is 0 Å². The lowest BCUT2D eigenvalue weighted by Gasteiger charge is -2.13. The summed E-state index contributed by atoms with van der Waals surface area (Å²) >= 11 is 0. The third kappa shape index (κ3) is 4.68. The Bertz CT molecular complexity index is 1080. The standard InChI is InChI=1S/C23H28N4O3/c1-15(2)17-11-10-16(3)12-20(17)30-13-21(28)24-25-22-18-8-6-7-9-19(18)27(23(22)29)14-26(4)5/h6-12,15,29H,13-14H2,1-5H3. The van der Waals surface area contributed by atoms with Crippen molar-refractivity contribution in [2.45, 2.75) is 33.4 Å². The van der Waals surface area contributed by atoms with Crippen molar-refractivity contribution >= 4 is 22.5 Å². The Labute approximate surface area is 176 Å². The van der Waals surface area contributed by atoms with Gasteiger partial charge in [-0.3, -0.25) is 14.3 Å². The predicted molar refractivity (Wildman–Crippen MR) is 118 cm³/mol. The summed E-state index contributed by atoms with van der Waals surface area (Å²) in [5.41, 5.74) is 3.19. The number of para-hydroxylation sites is 1. The van der Waals surface area contributed by atoms with Crippen LogP contribution in [-0.4, -0.2) is 41.2 Å². The van der Waals surface area contributed by atoms with Crippen LogP contribution in [-0.2, 0) is 11.5 Å². The highest BCUT2D eigenvalue weighted by molar-refractivity contribution is 5.95. The van der Waals surface area contributed by atoms with Gasteiger partial charge in [-0.1, -0.05) is 44.2 Å². The number of fused-ring (bicyclic) bond motifs is 1. The van der Waals surface area contributed by atoms with Gasteiger partial charge in [0.05, 0.1) is 12.2 Å². The number of amides is 1. The van der Waals surface area contributed by atoms with Crippen molar-refractivity contribution in [2.24, 2.45) is 10.2 Å². The third-order valence-electron chi connectivity index (χ3n) is 4.75. The maximum absolute atomic E-state index is 12.3. The minimum Gasteiger partial charge on any atom is -0.493 e. The first-order valence-electron chi connectivity index (χ1n) is 9.90. The number of ether oxygens (including phenoxy) is 1. The number of hydrogen-bond donors (Lipinski definition) is 1. The zero-order chi connectivity index (χ0) is 21.8. The molecule has 3 rings (SSSR count). The van der Waals surface area contributed by atoms with E-state index in [2.05, 4.69) is 24.1 Å². The molecule has 0 aliphatic carbocycles. The second kappa shape index (κ2) is 9.09. The van der Waals surface area contributed by atoms with Crippen LogP contribution in [0.15, 0.2) is 52.7 Å². The van der Waals surface area contributed by atoms with Crippen molar-refractivity contribution in [1.82, 2.24) is 9.47 Å². The summed E-state index contributed by atoms with van der Waals surface area (Å²) in [6.45, 7) is 6.38. The molecular formula is C23H28N4O3. The summed E-state index contributed by atoms with van der Waals surface area (Å²) in [6.07, 6.45) is 0. The highest BCUT2D eigenvalue weighted by Crippen LogP contribution is 2.38. The van der Waals surface area contributed by atoms with Crippen molar-refractivity contribution in [2.75, 3.05) is 20.7 Å². The second-order valence-electron chi connectivity index (χ2n) is 7.92. The molecule has 0 radical (unpaired) electrons. The normalized spacial score (nSPS) is 11.8. The molecule has 158 valence electrons. The van der Waals surface area contributed by atoms with Gasteiger partial charge >= 0.3 is 5.91 Å². The van der Waals surface area contributed by atoms with Crippen LogP contribution in [0, 0.1) is 6.92 Å². The van der Waals surface area contributed by atoms with Gasteiger partial charge in [0.1, 0.15) is 5.75 Å². The van der Waals surface area contributed by atoms with Gasteiger partial charge in [-0.15, -0.1) is 10.2 Å². The Morgan fingerprint density at radius 3 is 2.63 bits per heavy atom. The number of aromatic hydroxyl groups is 1. The van der Waals surface area contributed by atoms with E-state index in [-0.39, 0.29) is 24.1 Å². The lowest BCUT2D eigenvalue weighted by atomic mass is 10.0. The van der Waals surface area contributed by atoms with Crippen molar-refractivity contribution in [3.8, 4) is 11.6 Å². The van der Waals surface area contributed by atoms with Crippen LogP contribution < -0.4 is 4.74 Å². The molecule has 2 aromatic carbocycles. The van der Waals surface area contributed by atoms with Gasteiger partial charge < -0.3 is 9.84 Å². The average Bonchev–Trinajstić information content (AvgIpc) is 2.95. The minimum absolute atomic E-state index is 0.0249. The van der Waals surface area contributed by atoms with E-state index in [4.69, 9.17) is 4.74 Å². The Kier molecular flexibility index (Phi) is 6.52. The first kappa shape index (κ1) is 21.5. The lowest BCUT2D eigenvalue weighted by Crippen LogP contribution is -2.16. The third-order valence-corrected chi connectivity index (χ3v) is 4.75. The second-order valence-corrected chi connectivity index (χ2v) is 7.92. The predicted octanol–water partition coefficient (Wildman–Crippen LogP) is 4.99. The van der Waals surface area contributed by atoms with Crippen molar-refractivity contribution in [1.29, 1.82) is 0 Å². The number of nitrogens with zero attached hydrogens (tertiary/aromatic N) is 4. The van der Waals surface area contributed by atoms with Gasteiger partial charge in [0, 0.05) is 5.39 Å². The molecule has 1 N–H and O–H groups in total. The SMILES string of the molecule is Cc1ccc(C(C)C)c(OCC(=O)N=Nc2c(O)n(CN(C)C)c3ccccc23)c1. The summed E-state index contributed by atoms with van der Waals surface area (Å²) < 4.78 is 7.46. The van der Waals surface area contributed by atoms with Crippen LogP contribution in [0.2, 0.25) is 0 Å². The van der Waals surface area contributed by atoms with Crippen LogP contribution in [0.4, 0.5) is 5.69 Å². The molecule has 0 aliphatic rings. The fourth-order valence-corrected chi connectivity index (χ4v) is 3.31. The quantitative estimate of drug-likeness (QED) is 0.559. The molecule has 0 saturated heterocycles. The fourth-order valence-electron chi connectivity index (χ4n) is 3.31. The van der Waals surface area contributed by atoms with Crippen molar-refractivity contribution in [3.05, 3.63) is 53.6 Å². The molecule has 1 aromatic heterocycles. The number of hydrogen-bond acceptors (Lipinski definition) is 5. The van der Waals surface area contributed by atoms with E-state index < -0.39 is 5.91 Å². The zero-order valence-electron chi connectivity index (χ0n) is 18.1. The lowest BCUT2D eigenvalue weighted by molar-refractivity contribution is -0.120. The Hall–Kier alpha value is -3.19. The fraction of sp³-hybridized carbons (Fsp3) is 0.348. The summed E-state index contributed by atoms with van der Waals surface area (Å²) in [7, 11) is 3.82. The number of rotatable bonds is 7. The molecule has 0 unspecified atom stereocenters. The maximum Gasteiger partial charge on any atom is 0.302 e. The van der Waals surface area contributed by atoms with Crippen LogP contribution in [0.5, 0.6) is 11.6 Å². The number of carbonyl (C=O) groups excluding carboxylic acids is 1. The molecule has 0 bridgehead atoms. The Balaban J connectivity index is 1.80. The smallest absolute Gasteiger partial charge is 0.302 e. The van der Waals surface area contributed by atoms with E-state index in [9.17, 15) is 9.90 Å².